The number of nitrogens with zero attached hydrogens (tertiary/aromatic N) is 1. The van der Waals surface area contributed by atoms with Crippen molar-refractivity contribution in [1.29, 1.82) is 0 Å². The van der Waals surface area contributed by atoms with Crippen LogP contribution in [0.2, 0.25) is 5.02 Å². The first kappa shape index (κ1) is 20.3. The van der Waals surface area contributed by atoms with E-state index in [0.29, 0.717) is 10.7 Å². The highest BCUT2D eigenvalue weighted by Gasteiger charge is 2.27. The lowest BCUT2D eigenvalue weighted by Gasteiger charge is -2.25. The van der Waals surface area contributed by atoms with Gasteiger partial charge in [0.15, 0.2) is 0 Å². The van der Waals surface area contributed by atoms with Crippen LogP contribution in [0.25, 0.3) is 0 Å². The van der Waals surface area contributed by atoms with E-state index in [1.807, 2.05) is 13.8 Å². The second-order valence-corrected chi connectivity index (χ2v) is 8.36. The number of amides is 1. The second kappa shape index (κ2) is 9.05. The molecule has 0 heterocycles. The smallest absolute Gasteiger partial charge is 0.264 e. The third-order valence-corrected chi connectivity index (χ3v) is 5.90. The number of carbonyl (C=O) groups is 1. The van der Waals surface area contributed by atoms with E-state index in [0.717, 1.165) is 17.1 Å². The summed E-state index contributed by atoms with van der Waals surface area (Å²) in [6.07, 6.45) is 1.77. The molecule has 1 atom stereocenters. The minimum atomic E-state index is -3.90. The molecule has 2 aromatic rings. The molecule has 0 aliphatic rings. The van der Waals surface area contributed by atoms with Gasteiger partial charge in [-0.1, -0.05) is 43.1 Å². The number of hydrogen-bond donors (Lipinski definition) is 1. The molecule has 0 radical (unpaired) electrons. The molecule has 7 heteroatoms. The molecule has 0 saturated carbocycles. The molecule has 0 aliphatic heterocycles. The van der Waals surface area contributed by atoms with Crippen LogP contribution in [0.3, 0.4) is 0 Å². The zero-order valence-corrected chi connectivity index (χ0v) is 16.4. The standard InChI is InChI=1S/C19H23ClN2O3S/c1-3-7-15(2)21-19(23)14-22(17-8-5-4-6-9-17)26(24,25)18-12-10-16(20)11-13-18/h4-6,8-13,15H,3,7,14H2,1-2H3,(H,21,23). The van der Waals surface area contributed by atoms with E-state index < -0.39 is 10.0 Å². The van der Waals surface area contributed by atoms with Crippen molar-refractivity contribution in [3.63, 3.8) is 0 Å². The Morgan fingerprint density at radius 2 is 1.73 bits per heavy atom. The van der Waals surface area contributed by atoms with Crippen molar-refractivity contribution in [2.24, 2.45) is 0 Å². The highest BCUT2D eigenvalue weighted by molar-refractivity contribution is 7.92. The summed E-state index contributed by atoms with van der Waals surface area (Å²) >= 11 is 5.86. The van der Waals surface area contributed by atoms with Gasteiger partial charge in [0, 0.05) is 11.1 Å². The van der Waals surface area contributed by atoms with Crippen molar-refractivity contribution in [3.05, 3.63) is 59.6 Å². The Morgan fingerprint density at radius 1 is 1.12 bits per heavy atom. The average molecular weight is 395 g/mol. The van der Waals surface area contributed by atoms with Crippen molar-refractivity contribution in [2.45, 2.75) is 37.6 Å². The number of carbonyl (C=O) groups excluding carboxylic acids is 1. The van der Waals surface area contributed by atoms with Crippen molar-refractivity contribution >= 4 is 33.2 Å². The molecular weight excluding hydrogens is 372 g/mol. The fraction of sp³-hybridized carbons (Fsp3) is 0.316. The lowest BCUT2D eigenvalue weighted by molar-refractivity contribution is -0.120. The lowest BCUT2D eigenvalue weighted by Crippen LogP contribution is -2.43. The fourth-order valence-corrected chi connectivity index (χ4v) is 4.15. The van der Waals surface area contributed by atoms with E-state index in [2.05, 4.69) is 5.32 Å². The van der Waals surface area contributed by atoms with Crippen LogP contribution in [0.4, 0.5) is 5.69 Å². The summed E-state index contributed by atoms with van der Waals surface area (Å²) < 4.78 is 27.3. The summed E-state index contributed by atoms with van der Waals surface area (Å²) in [5.74, 6) is -0.340. The predicted octanol–water partition coefficient (Wildman–Crippen LogP) is 3.84. The van der Waals surface area contributed by atoms with E-state index in [4.69, 9.17) is 11.6 Å². The molecule has 2 aromatic carbocycles. The Labute approximate surface area is 160 Å². The Hall–Kier alpha value is -2.05. The molecule has 0 fully saturated rings. The van der Waals surface area contributed by atoms with E-state index in [1.165, 1.54) is 24.3 Å². The van der Waals surface area contributed by atoms with Crippen LogP contribution in [-0.4, -0.2) is 26.9 Å². The van der Waals surface area contributed by atoms with Crippen molar-refractivity contribution in [2.75, 3.05) is 10.8 Å². The van der Waals surface area contributed by atoms with Gasteiger partial charge in [0.05, 0.1) is 10.6 Å². The summed E-state index contributed by atoms with van der Waals surface area (Å²) in [5.41, 5.74) is 0.431. The van der Waals surface area contributed by atoms with Gasteiger partial charge >= 0.3 is 0 Å². The van der Waals surface area contributed by atoms with Gasteiger partial charge in [-0.3, -0.25) is 9.10 Å². The Bertz CT molecular complexity index is 824. The normalized spacial score (nSPS) is 12.4. The van der Waals surface area contributed by atoms with Crippen molar-refractivity contribution < 1.29 is 13.2 Å². The summed E-state index contributed by atoms with van der Waals surface area (Å²) in [6.45, 7) is 3.65. The molecule has 0 aliphatic carbocycles. The van der Waals surface area contributed by atoms with Gasteiger partial charge in [-0.05, 0) is 49.7 Å². The molecule has 2 rings (SSSR count). The first-order valence-corrected chi connectivity index (χ1v) is 10.3. The Morgan fingerprint density at radius 3 is 2.31 bits per heavy atom. The monoisotopic (exact) mass is 394 g/mol. The average Bonchev–Trinajstić information content (AvgIpc) is 2.61. The van der Waals surface area contributed by atoms with Gasteiger partial charge < -0.3 is 5.32 Å². The maximum absolute atomic E-state index is 13.1. The fourth-order valence-electron chi connectivity index (χ4n) is 2.60. The quantitative estimate of drug-likeness (QED) is 0.739. The number of hydrogen-bond acceptors (Lipinski definition) is 3. The maximum atomic E-state index is 13.1. The number of rotatable bonds is 8. The van der Waals surface area contributed by atoms with E-state index in [-0.39, 0.29) is 23.4 Å². The van der Waals surface area contributed by atoms with Gasteiger partial charge in [0.25, 0.3) is 10.0 Å². The summed E-state index contributed by atoms with van der Waals surface area (Å²) in [5, 5.41) is 3.29. The molecular formula is C19H23ClN2O3S. The van der Waals surface area contributed by atoms with Crippen LogP contribution in [0.5, 0.6) is 0 Å². The third-order valence-electron chi connectivity index (χ3n) is 3.86. The number of anilines is 1. The van der Waals surface area contributed by atoms with Gasteiger partial charge in [0.2, 0.25) is 5.91 Å². The maximum Gasteiger partial charge on any atom is 0.264 e. The molecule has 5 nitrogen and oxygen atoms in total. The van der Waals surface area contributed by atoms with Crippen molar-refractivity contribution in [3.8, 4) is 0 Å². The van der Waals surface area contributed by atoms with Crippen LogP contribution in [-0.2, 0) is 14.8 Å². The number of halogens is 1. The van der Waals surface area contributed by atoms with Gasteiger partial charge in [0.1, 0.15) is 6.54 Å². The molecule has 140 valence electrons. The minimum Gasteiger partial charge on any atom is -0.352 e. The molecule has 1 unspecified atom stereocenters. The first-order chi connectivity index (χ1) is 12.3. The van der Waals surface area contributed by atoms with Gasteiger partial charge in [-0.15, -0.1) is 0 Å². The third kappa shape index (κ3) is 5.22. The van der Waals surface area contributed by atoms with Crippen LogP contribution in [0, 0.1) is 0 Å². The largest absolute Gasteiger partial charge is 0.352 e. The minimum absolute atomic E-state index is 0.0108. The van der Waals surface area contributed by atoms with Crippen molar-refractivity contribution in [1.82, 2.24) is 5.32 Å². The van der Waals surface area contributed by atoms with Crippen LogP contribution in [0.1, 0.15) is 26.7 Å². The number of benzene rings is 2. The molecule has 1 N–H and O–H groups in total. The molecule has 26 heavy (non-hydrogen) atoms. The zero-order chi connectivity index (χ0) is 19.2. The lowest BCUT2D eigenvalue weighted by atomic mass is 10.2. The SMILES string of the molecule is CCCC(C)NC(=O)CN(c1ccccc1)S(=O)(=O)c1ccc(Cl)cc1. The van der Waals surface area contributed by atoms with E-state index in [1.54, 1.807) is 30.3 Å². The molecule has 1 amide bonds. The Balaban J connectivity index is 2.33. The van der Waals surface area contributed by atoms with E-state index >= 15 is 0 Å². The number of para-hydroxylation sites is 1. The highest BCUT2D eigenvalue weighted by atomic mass is 35.5. The predicted molar refractivity (Wildman–Crippen MR) is 105 cm³/mol. The Kier molecular flexibility index (Phi) is 7.06. The second-order valence-electron chi connectivity index (χ2n) is 6.06. The zero-order valence-electron chi connectivity index (χ0n) is 14.9. The summed E-state index contributed by atoms with van der Waals surface area (Å²) in [4.78, 5) is 12.5. The molecule has 0 saturated heterocycles. The topological polar surface area (TPSA) is 66.5 Å². The van der Waals surface area contributed by atoms with Crippen LogP contribution < -0.4 is 9.62 Å². The van der Waals surface area contributed by atoms with Gasteiger partial charge in [-0.25, -0.2) is 8.42 Å². The van der Waals surface area contributed by atoms with E-state index in [9.17, 15) is 13.2 Å². The molecule has 0 aromatic heterocycles. The number of nitrogens with one attached hydrogen (secondary N) is 1. The molecule has 0 bridgehead atoms. The van der Waals surface area contributed by atoms with Crippen LogP contribution >= 0.6 is 11.6 Å². The first-order valence-electron chi connectivity index (χ1n) is 8.47. The summed E-state index contributed by atoms with van der Waals surface area (Å²) in [7, 11) is -3.90. The number of sulfonamides is 1. The summed E-state index contributed by atoms with van der Waals surface area (Å²) in [6, 6.07) is 14.5. The van der Waals surface area contributed by atoms with Crippen LogP contribution in [0.15, 0.2) is 59.5 Å². The highest BCUT2D eigenvalue weighted by Crippen LogP contribution is 2.24. The molecule has 0 spiro atoms. The van der Waals surface area contributed by atoms with Gasteiger partial charge in [-0.2, -0.15) is 0 Å².